The van der Waals surface area contributed by atoms with Crippen LogP contribution in [0.2, 0.25) is 0 Å². The monoisotopic (exact) mass is 304 g/mol. The summed E-state index contributed by atoms with van der Waals surface area (Å²) in [6.07, 6.45) is 5.45. The lowest BCUT2D eigenvalue weighted by Gasteiger charge is -2.31. The van der Waals surface area contributed by atoms with E-state index >= 15 is 0 Å². The number of pyridine rings is 1. The van der Waals surface area contributed by atoms with E-state index in [9.17, 15) is 0 Å². The quantitative estimate of drug-likeness (QED) is 0.638. The van der Waals surface area contributed by atoms with Gasteiger partial charge in [-0.2, -0.15) is 0 Å². The Labute approximate surface area is 133 Å². The van der Waals surface area contributed by atoms with Gasteiger partial charge in [0, 0.05) is 30.0 Å². The SMILES string of the molecule is CCCCN(c1ncc(CCl)c2ccccc12)C(C)CC. The van der Waals surface area contributed by atoms with Gasteiger partial charge in [0.25, 0.3) is 0 Å². The molecule has 0 bridgehead atoms. The predicted octanol–water partition coefficient (Wildman–Crippen LogP) is 5.38. The van der Waals surface area contributed by atoms with E-state index in [1.54, 1.807) is 0 Å². The number of hydrogen-bond donors (Lipinski definition) is 0. The molecule has 0 aliphatic heterocycles. The summed E-state index contributed by atoms with van der Waals surface area (Å²) in [5.41, 5.74) is 1.11. The highest BCUT2D eigenvalue weighted by Gasteiger charge is 2.17. The van der Waals surface area contributed by atoms with Crippen LogP contribution in [0.4, 0.5) is 5.82 Å². The van der Waals surface area contributed by atoms with Gasteiger partial charge in [0.15, 0.2) is 0 Å². The van der Waals surface area contributed by atoms with Gasteiger partial charge in [-0.15, -0.1) is 11.6 Å². The van der Waals surface area contributed by atoms with Crippen molar-refractivity contribution in [3.63, 3.8) is 0 Å². The molecule has 0 fully saturated rings. The van der Waals surface area contributed by atoms with Crippen LogP contribution in [0, 0.1) is 0 Å². The number of nitrogens with zero attached hydrogens (tertiary/aromatic N) is 2. The summed E-state index contributed by atoms with van der Waals surface area (Å²) in [7, 11) is 0. The van der Waals surface area contributed by atoms with Crippen molar-refractivity contribution >= 4 is 28.2 Å². The van der Waals surface area contributed by atoms with Gasteiger partial charge in [0.05, 0.1) is 0 Å². The maximum atomic E-state index is 6.06. The minimum absolute atomic E-state index is 0.495. The molecule has 2 nitrogen and oxygen atoms in total. The van der Waals surface area contributed by atoms with Crippen molar-refractivity contribution in [2.75, 3.05) is 11.4 Å². The average molecular weight is 305 g/mol. The van der Waals surface area contributed by atoms with E-state index in [0.717, 1.165) is 24.3 Å². The molecule has 0 spiro atoms. The molecule has 0 N–H and O–H groups in total. The second-order valence-electron chi connectivity index (χ2n) is 5.59. The van der Waals surface area contributed by atoms with Crippen molar-refractivity contribution in [3.05, 3.63) is 36.0 Å². The Morgan fingerprint density at radius 2 is 1.90 bits per heavy atom. The Morgan fingerprint density at radius 3 is 2.52 bits per heavy atom. The molecule has 0 aliphatic rings. The van der Waals surface area contributed by atoms with Gasteiger partial charge >= 0.3 is 0 Å². The molecule has 2 aromatic rings. The molecule has 1 aromatic heterocycles. The molecule has 114 valence electrons. The van der Waals surface area contributed by atoms with E-state index in [2.05, 4.69) is 49.9 Å². The zero-order chi connectivity index (χ0) is 15.2. The van der Waals surface area contributed by atoms with Crippen LogP contribution in [0.25, 0.3) is 10.8 Å². The van der Waals surface area contributed by atoms with Gasteiger partial charge in [-0.1, -0.05) is 44.5 Å². The van der Waals surface area contributed by atoms with Crippen LogP contribution < -0.4 is 4.90 Å². The highest BCUT2D eigenvalue weighted by atomic mass is 35.5. The van der Waals surface area contributed by atoms with E-state index in [1.807, 2.05) is 6.20 Å². The van der Waals surface area contributed by atoms with Gasteiger partial charge in [-0.25, -0.2) is 4.98 Å². The highest BCUT2D eigenvalue weighted by Crippen LogP contribution is 2.29. The number of anilines is 1. The normalized spacial score (nSPS) is 12.6. The molecule has 0 amide bonds. The van der Waals surface area contributed by atoms with Crippen molar-refractivity contribution in [2.45, 2.75) is 52.0 Å². The number of aromatic nitrogens is 1. The first-order chi connectivity index (χ1) is 10.2. The third-order valence-electron chi connectivity index (χ3n) is 4.15. The predicted molar refractivity (Wildman–Crippen MR) is 93.3 cm³/mol. The number of benzene rings is 1. The number of unbranched alkanes of at least 4 members (excludes halogenated alkanes) is 1. The van der Waals surface area contributed by atoms with Crippen LogP contribution in [-0.4, -0.2) is 17.6 Å². The molecule has 0 radical (unpaired) electrons. The molecule has 1 atom stereocenters. The number of halogens is 1. The average Bonchev–Trinajstić information content (AvgIpc) is 2.54. The Balaban J connectivity index is 2.52. The molecular weight excluding hydrogens is 280 g/mol. The lowest BCUT2D eigenvalue weighted by atomic mass is 10.1. The van der Waals surface area contributed by atoms with Crippen LogP contribution in [0.3, 0.4) is 0 Å². The van der Waals surface area contributed by atoms with E-state index in [1.165, 1.54) is 23.6 Å². The number of rotatable bonds is 7. The lowest BCUT2D eigenvalue weighted by molar-refractivity contribution is 0.591. The minimum Gasteiger partial charge on any atom is -0.353 e. The fourth-order valence-corrected chi connectivity index (χ4v) is 2.87. The first-order valence-corrected chi connectivity index (χ1v) is 8.45. The summed E-state index contributed by atoms with van der Waals surface area (Å²) < 4.78 is 0. The van der Waals surface area contributed by atoms with Crippen LogP contribution in [0.15, 0.2) is 30.5 Å². The van der Waals surface area contributed by atoms with Gasteiger partial charge in [0.2, 0.25) is 0 Å². The van der Waals surface area contributed by atoms with E-state index in [-0.39, 0.29) is 0 Å². The summed E-state index contributed by atoms with van der Waals surface area (Å²) in [6.45, 7) is 7.81. The fraction of sp³-hybridized carbons (Fsp3) is 0.500. The van der Waals surface area contributed by atoms with Crippen LogP contribution in [0.1, 0.15) is 45.6 Å². The molecular formula is C18H25ClN2. The lowest BCUT2D eigenvalue weighted by Crippen LogP contribution is -2.34. The summed E-state index contributed by atoms with van der Waals surface area (Å²) in [6, 6.07) is 8.96. The second kappa shape index (κ2) is 7.65. The summed E-state index contributed by atoms with van der Waals surface area (Å²) in [5, 5.41) is 2.44. The molecule has 0 aliphatic carbocycles. The third kappa shape index (κ3) is 3.49. The van der Waals surface area contributed by atoms with Crippen molar-refractivity contribution in [3.8, 4) is 0 Å². The largest absolute Gasteiger partial charge is 0.353 e. The Morgan fingerprint density at radius 1 is 1.19 bits per heavy atom. The maximum absolute atomic E-state index is 6.06. The van der Waals surface area contributed by atoms with E-state index < -0.39 is 0 Å². The Bertz CT molecular complexity index is 582. The highest BCUT2D eigenvalue weighted by molar-refractivity contribution is 6.18. The molecule has 1 heterocycles. The second-order valence-corrected chi connectivity index (χ2v) is 5.86. The Hall–Kier alpha value is -1.28. The number of fused-ring (bicyclic) bond motifs is 1. The van der Waals surface area contributed by atoms with Gasteiger partial charge < -0.3 is 4.90 Å². The summed E-state index contributed by atoms with van der Waals surface area (Å²) >= 11 is 6.06. The van der Waals surface area contributed by atoms with Crippen molar-refractivity contribution in [1.29, 1.82) is 0 Å². The van der Waals surface area contributed by atoms with Crippen LogP contribution in [-0.2, 0) is 5.88 Å². The standard InChI is InChI=1S/C18H25ClN2/c1-4-6-11-21(14(3)5-2)18-17-10-8-7-9-16(17)15(12-19)13-20-18/h7-10,13-14H,4-6,11-12H2,1-3H3. The molecule has 2 rings (SSSR count). The molecule has 3 heteroatoms. The zero-order valence-corrected chi connectivity index (χ0v) is 14.0. The van der Waals surface area contributed by atoms with E-state index in [4.69, 9.17) is 16.6 Å². The topological polar surface area (TPSA) is 16.1 Å². The van der Waals surface area contributed by atoms with Gasteiger partial charge in [-0.05, 0) is 30.7 Å². The van der Waals surface area contributed by atoms with E-state index in [0.29, 0.717) is 11.9 Å². The molecule has 1 unspecified atom stereocenters. The first-order valence-electron chi connectivity index (χ1n) is 7.92. The number of alkyl halides is 1. The summed E-state index contributed by atoms with van der Waals surface area (Å²) in [5.74, 6) is 1.61. The van der Waals surface area contributed by atoms with Crippen LogP contribution in [0.5, 0.6) is 0 Å². The first kappa shape index (κ1) is 16.1. The summed E-state index contributed by atoms with van der Waals surface area (Å²) in [4.78, 5) is 7.19. The van der Waals surface area contributed by atoms with Gasteiger partial charge in [-0.3, -0.25) is 0 Å². The fourth-order valence-electron chi connectivity index (χ4n) is 2.66. The third-order valence-corrected chi connectivity index (χ3v) is 4.44. The van der Waals surface area contributed by atoms with Crippen LogP contribution >= 0.6 is 11.6 Å². The molecule has 0 saturated carbocycles. The number of hydrogen-bond acceptors (Lipinski definition) is 2. The molecule has 0 saturated heterocycles. The minimum atomic E-state index is 0.495. The van der Waals surface area contributed by atoms with Crippen molar-refractivity contribution < 1.29 is 0 Å². The molecule has 21 heavy (non-hydrogen) atoms. The maximum Gasteiger partial charge on any atom is 0.136 e. The Kier molecular flexibility index (Phi) is 5.86. The van der Waals surface area contributed by atoms with Crippen molar-refractivity contribution in [1.82, 2.24) is 4.98 Å². The smallest absolute Gasteiger partial charge is 0.136 e. The molecule has 1 aromatic carbocycles. The van der Waals surface area contributed by atoms with Crippen molar-refractivity contribution in [2.24, 2.45) is 0 Å². The van der Waals surface area contributed by atoms with Gasteiger partial charge in [0.1, 0.15) is 5.82 Å². The zero-order valence-electron chi connectivity index (χ0n) is 13.3.